The highest BCUT2D eigenvalue weighted by Crippen LogP contribution is 2.31. The standard InChI is InChI=1S/C19H20ClFN4OS2/c1-4-25-18(12-7-16(11(2)3)27-9-12)23-24-19(25)28-10-17(26)22-13-5-6-15(21)14(20)8-13/h5-9,11H,4,10H2,1-3H3,(H,22,26). The van der Waals surface area contributed by atoms with Crippen LogP contribution in [0.15, 0.2) is 34.8 Å². The van der Waals surface area contributed by atoms with Crippen molar-refractivity contribution in [2.24, 2.45) is 0 Å². The molecule has 0 unspecified atom stereocenters. The van der Waals surface area contributed by atoms with Crippen molar-refractivity contribution in [1.82, 2.24) is 14.8 Å². The van der Waals surface area contributed by atoms with Gasteiger partial charge in [0, 0.05) is 28.1 Å². The average molecular weight is 439 g/mol. The number of rotatable bonds is 7. The van der Waals surface area contributed by atoms with Crippen LogP contribution in [0.2, 0.25) is 5.02 Å². The van der Waals surface area contributed by atoms with E-state index in [-0.39, 0.29) is 16.7 Å². The molecule has 9 heteroatoms. The molecule has 0 aliphatic carbocycles. The minimum Gasteiger partial charge on any atom is -0.325 e. The van der Waals surface area contributed by atoms with Crippen LogP contribution in [0.3, 0.4) is 0 Å². The Kier molecular flexibility index (Phi) is 6.74. The first-order valence-corrected chi connectivity index (χ1v) is 11.0. The van der Waals surface area contributed by atoms with Gasteiger partial charge in [0.15, 0.2) is 11.0 Å². The molecule has 0 atom stereocenters. The Labute approximate surface area is 176 Å². The Bertz CT molecular complexity index is 986. The summed E-state index contributed by atoms with van der Waals surface area (Å²) in [5, 5.41) is 14.0. The number of benzene rings is 1. The van der Waals surface area contributed by atoms with Gasteiger partial charge in [0.2, 0.25) is 5.91 Å². The second-order valence-electron chi connectivity index (χ2n) is 6.41. The van der Waals surface area contributed by atoms with Crippen molar-refractivity contribution in [3.8, 4) is 11.4 Å². The third-order valence-corrected chi connectivity index (χ3v) is 6.51. The van der Waals surface area contributed by atoms with E-state index in [0.717, 1.165) is 11.4 Å². The summed E-state index contributed by atoms with van der Waals surface area (Å²) in [6, 6.07) is 6.22. The van der Waals surface area contributed by atoms with Gasteiger partial charge in [-0.15, -0.1) is 21.5 Å². The molecule has 2 aromatic heterocycles. The lowest BCUT2D eigenvalue weighted by molar-refractivity contribution is -0.113. The molecule has 3 aromatic rings. The molecule has 1 aromatic carbocycles. The van der Waals surface area contributed by atoms with Crippen LogP contribution in [0, 0.1) is 5.82 Å². The van der Waals surface area contributed by atoms with Crippen molar-refractivity contribution >= 4 is 46.3 Å². The van der Waals surface area contributed by atoms with Gasteiger partial charge in [0.1, 0.15) is 5.82 Å². The normalized spacial score (nSPS) is 11.2. The molecule has 0 aliphatic rings. The topological polar surface area (TPSA) is 59.8 Å². The van der Waals surface area contributed by atoms with Crippen LogP contribution in [0.1, 0.15) is 31.6 Å². The second-order valence-corrected chi connectivity index (χ2v) is 8.70. The zero-order chi connectivity index (χ0) is 20.3. The fourth-order valence-corrected chi connectivity index (χ4v) is 4.45. The van der Waals surface area contributed by atoms with Crippen LogP contribution < -0.4 is 5.32 Å². The average Bonchev–Trinajstić information content (AvgIpc) is 3.29. The van der Waals surface area contributed by atoms with Gasteiger partial charge in [-0.2, -0.15) is 0 Å². The summed E-state index contributed by atoms with van der Waals surface area (Å²) in [4.78, 5) is 13.5. The van der Waals surface area contributed by atoms with E-state index in [4.69, 9.17) is 11.6 Å². The quantitative estimate of drug-likeness (QED) is 0.482. The Hall–Kier alpha value is -1.90. The van der Waals surface area contributed by atoms with Crippen molar-refractivity contribution < 1.29 is 9.18 Å². The molecular formula is C19H20ClFN4OS2. The SMILES string of the molecule is CCn1c(SCC(=O)Nc2ccc(F)c(Cl)c2)nnc1-c1csc(C(C)C)c1. The van der Waals surface area contributed by atoms with E-state index >= 15 is 0 Å². The predicted molar refractivity (Wildman–Crippen MR) is 114 cm³/mol. The van der Waals surface area contributed by atoms with E-state index in [9.17, 15) is 9.18 Å². The molecule has 28 heavy (non-hydrogen) atoms. The summed E-state index contributed by atoms with van der Waals surface area (Å²) in [7, 11) is 0. The van der Waals surface area contributed by atoms with Crippen molar-refractivity contribution in [2.75, 3.05) is 11.1 Å². The molecule has 0 bridgehead atoms. The number of anilines is 1. The van der Waals surface area contributed by atoms with Gasteiger partial charge in [0.25, 0.3) is 0 Å². The van der Waals surface area contributed by atoms with Crippen LogP contribution >= 0.6 is 34.7 Å². The summed E-state index contributed by atoms with van der Waals surface area (Å²) in [6.45, 7) is 7.04. The van der Waals surface area contributed by atoms with Crippen LogP contribution in [-0.4, -0.2) is 26.4 Å². The maximum atomic E-state index is 13.2. The molecule has 0 saturated carbocycles. The number of thioether (sulfide) groups is 1. The highest BCUT2D eigenvalue weighted by molar-refractivity contribution is 7.99. The third kappa shape index (κ3) is 4.74. The zero-order valence-corrected chi connectivity index (χ0v) is 18.1. The largest absolute Gasteiger partial charge is 0.325 e. The lowest BCUT2D eigenvalue weighted by atomic mass is 10.1. The number of amides is 1. The van der Waals surface area contributed by atoms with Gasteiger partial charge >= 0.3 is 0 Å². The maximum Gasteiger partial charge on any atom is 0.234 e. The number of hydrogen-bond acceptors (Lipinski definition) is 5. The molecule has 0 spiro atoms. The van der Waals surface area contributed by atoms with E-state index in [0.29, 0.717) is 23.3 Å². The number of nitrogens with zero attached hydrogens (tertiary/aromatic N) is 3. The fraction of sp³-hybridized carbons (Fsp3) is 0.316. The molecule has 1 amide bonds. The van der Waals surface area contributed by atoms with Crippen molar-refractivity contribution in [3.63, 3.8) is 0 Å². The number of carbonyl (C=O) groups excluding carboxylic acids is 1. The van der Waals surface area contributed by atoms with Gasteiger partial charge < -0.3 is 9.88 Å². The van der Waals surface area contributed by atoms with E-state index in [1.165, 1.54) is 34.8 Å². The summed E-state index contributed by atoms with van der Waals surface area (Å²) < 4.78 is 15.2. The van der Waals surface area contributed by atoms with E-state index in [1.54, 1.807) is 11.3 Å². The van der Waals surface area contributed by atoms with Crippen LogP contribution in [0.25, 0.3) is 11.4 Å². The Morgan fingerprint density at radius 3 is 2.79 bits per heavy atom. The Morgan fingerprint density at radius 1 is 1.36 bits per heavy atom. The summed E-state index contributed by atoms with van der Waals surface area (Å²) >= 11 is 8.76. The number of thiophene rings is 1. The lowest BCUT2D eigenvalue weighted by Gasteiger charge is -2.07. The van der Waals surface area contributed by atoms with E-state index < -0.39 is 5.82 Å². The molecule has 2 heterocycles. The van der Waals surface area contributed by atoms with Gasteiger partial charge in [-0.1, -0.05) is 37.2 Å². The predicted octanol–water partition coefficient (Wildman–Crippen LogP) is 5.67. The lowest BCUT2D eigenvalue weighted by Crippen LogP contribution is -2.14. The number of aromatic nitrogens is 3. The van der Waals surface area contributed by atoms with Crippen molar-refractivity contribution in [1.29, 1.82) is 0 Å². The molecule has 0 radical (unpaired) electrons. The summed E-state index contributed by atoms with van der Waals surface area (Å²) in [6.07, 6.45) is 0. The van der Waals surface area contributed by atoms with Crippen molar-refractivity contribution in [2.45, 2.75) is 38.4 Å². The smallest absolute Gasteiger partial charge is 0.234 e. The van der Waals surface area contributed by atoms with Crippen molar-refractivity contribution in [3.05, 3.63) is 45.4 Å². The van der Waals surface area contributed by atoms with Crippen LogP contribution in [0.4, 0.5) is 10.1 Å². The molecule has 0 saturated heterocycles. The van der Waals surface area contributed by atoms with Crippen LogP contribution in [0.5, 0.6) is 0 Å². The first kappa shape index (κ1) is 20.8. The highest BCUT2D eigenvalue weighted by atomic mass is 35.5. The molecule has 3 rings (SSSR count). The van der Waals surface area contributed by atoms with Crippen LogP contribution in [-0.2, 0) is 11.3 Å². The summed E-state index contributed by atoms with van der Waals surface area (Å²) in [5.74, 6) is 0.686. The van der Waals surface area contributed by atoms with Gasteiger partial charge in [-0.3, -0.25) is 4.79 Å². The fourth-order valence-electron chi connectivity index (χ4n) is 2.57. The van der Waals surface area contributed by atoms with Gasteiger partial charge in [-0.05, 0) is 37.1 Å². The molecular weight excluding hydrogens is 419 g/mol. The van der Waals surface area contributed by atoms with Gasteiger partial charge in [-0.25, -0.2) is 4.39 Å². The minimum absolute atomic E-state index is 0.0302. The van der Waals surface area contributed by atoms with E-state index in [1.807, 2.05) is 11.5 Å². The maximum absolute atomic E-state index is 13.2. The Morgan fingerprint density at radius 2 is 2.14 bits per heavy atom. The second kappa shape index (κ2) is 9.07. The summed E-state index contributed by atoms with van der Waals surface area (Å²) in [5.41, 5.74) is 1.49. The Balaban J connectivity index is 1.68. The number of hydrogen-bond donors (Lipinski definition) is 1. The minimum atomic E-state index is -0.522. The molecule has 0 fully saturated rings. The number of halogens is 2. The molecule has 5 nitrogen and oxygen atoms in total. The third-order valence-electron chi connectivity index (χ3n) is 4.02. The molecule has 148 valence electrons. The first-order chi connectivity index (χ1) is 13.4. The molecule has 0 aliphatic heterocycles. The zero-order valence-electron chi connectivity index (χ0n) is 15.7. The molecule has 1 N–H and O–H groups in total. The first-order valence-electron chi connectivity index (χ1n) is 8.78. The van der Waals surface area contributed by atoms with E-state index in [2.05, 4.69) is 40.8 Å². The monoisotopic (exact) mass is 438 g/mol. The van der Waals surface area contributed by atoms with Gasteiger partial charge in [0.05, 0.1) is 10.8 Å². The number of carbonyl (C=O) groups is 1. The highest BCUT2D eigenvalue weighted by Gasteiger charge is 2.16. The number of nitrogens with one attached hydrogen (secondary N) is 1.